The van der Waals surface area contributed by atoms with Crippen molar-refractivity contribution in [2.75, 3.05) is 18.4 Å². The molecule has 15 heavy (non-hydrogen) atoms. The maximum Gasteiger partial charge on any atom is 0.0236 e. The summed E-state index contributed by atoms with van der Waals surface area (Å²) in [6.07, 6.45) is 1.22. The first-order valence-corrected chi connectivity index (χ1v) is 6.73. The summed E-state index contributed by atoms with van der Waals surface area (Å²) in [6.45, 7) is 7.81. The second kappa shape index (κ2) is 7.02. The van der Waals surface area contributed by atoms with Gasteiger partial charge in [-0.25, -0.2) is 0 Å². The van der Waals surface area contributed by atoms with Crippen LogP contribution in [0.5, 0.6) is 0 Å². The minimum Gasteiger partial charge on any atom is -0.298 e. The van der Waals surface area contributed by atoms with Gasteiger partial charge in [0.2, 0.25) is 0 Å². The van der Waals surface area contributed by atoms with Crippen LogP contribution in [0.15, 0.2) is 24.3 Å². The predicted molar refractivity (Wildman–Crippen MR) is 70.5 cm³/mol. The first kappa shape index (κ1) is 12.7. The monoisotopic (exact) mass is 269 g/mol. The molecule has 0 amide bonds. The standard InChI is InChI=1S/C13H20BrN/c1-3-9-15(10-8-14)11-13-7-5-4-6-12(13)2/h4-7H,3,8-11H2,1-2H3. The minimum atomic E-state index is 1.05. The molecular formula is C13H20BrN. The van der Waals surface area contributed by atoms with Crippen LogP contribution < -0.4 is 0 Å². The third-order valence-electron chi connectivity index (χ3n) is 2.60. The Labute approximate surface area is 102 Å². The van der Waals surface area contributed by atoms with Crippen LogP contribution >= 0.6 is 15.9 Å². The van der Waals surface area contributed by atoms with Gasteiger partial charge in [-0.1, -0.05) is 47.1 Å². The number of hydrogen-bond donors (Lipinski definition) is 0. The van der Waals surface area contributed by atoms with Gasteiger partial charge in [-0.3, -0.25) is 4.90 Å². The van der Waals surface area contributed by atoms with E-state index in [0.717, 1.165) is 18.4 Å². The number of rotatable bonds is 6. The molecule has 0 bridgehead atoms. The zero-order valence-electron chi connectivity index (χ0n) is 9.67. The highest BCUT2D eigenvalue weighted by atomic mass is 79.9. The Kier molecular flexibility index (Phi) is 5.96. The van der Waals surface area contributed by atoms with E-state index in [1.165, 1.54) is 24.1 Å². The van der Waals surface area contributed by atoms with Crippen molar-refractivity contribution in [3.05, 3.63) is 35.4 Å². The molecule has 84 valence electrons. The fourth-order valence-corrected chi connectivity index (χ4v) is 2.24. The van der Waals surface area contributed by atoms with Gasteiger partial charge in [0.05, 0.1) is 0 Å². The van der Waals surface area contributed by atoms with Crippen molar-refractivity contribution in [3.63, 3.8) is 0 Å². The normalized spacial score (nSPS) is 10.9. The van der Waals surface area contributed by atoms with Gasteiger partial charge in [-0.2, -0.15) is 0 Å². The van der Waals surface area contributed by atoms with E-state index in [1.54, 1.807) is 0 Å². The van der Waals surface area contributed by atoms with E-state index in [0.29, 0.717) is 0 Å². The third-order valence-corrected chi connectivity index (χ3v) is 2.95. The molecule has 1 nitrogen and oxygen atoms in total. The molecule has 0 saturated carbocycles. The molecular weight excluding hydrogens is 250 g/mol. The van der Waals surface area contributed by atoms with E-state index in [9.17, 15) is 0 Å². The first-order chi connectivity index (χ1) is 7.27. The molecule has 0 atom stereocenters. The molecule has 2 heteroatoms. The van der Waals surface area contributed by atoms with Crippen LogP contribution in [0.4, 0.5) is 0 Å². The van der Waals surface area contributed by atoms with Crippen molar-refractivity contribution in [1.82, 2.24) is 4.90 Å². The highest BCUT2D eigenvalue weighted by Gasteiger charge is 2.05. The molecule has 0 N–H and O–H groups in total. The molecule has 0 saturated heterocycles. The number of nitrogens with zero attached hydrogens (tertiary/aromatic N) is 1. The Morgan fingerprint density at radius 2 is 1.93 bits per heavy atom. The lowest BCUT2D eigenvalue weighted by Crippen LogP contribution is -2.26. The molecule has 0 heterocycles. The van der Waals surface area contributed by atoms with E-state index in [-0.39, 0.29) is 0 Å². The molecule has 0 fully saturated rings. The van der Waals surface area contributed by atoms with Crippen LogP contribution in [0.25, 0.3) is 0 Å². The van der Waals surface area contributed by atoms with Gasteiger partial charge in [0.15, 0.2) is 0 Å². The maximum absolute atomic E-state index is 3.51. The Balaban J connectivity index is 2.60. The van der Waals surface area contributed by atoms with Gasteiger partial charge in [0.1, 0.15) is 0 Å². The zero-order chi connectivity index (χ0) is 11.1. The smallest absolute Gasteiger partial charge is 0.0236 e. The lowest BCUT2D eigenvalue weighted by Gasteiger charge is -2.21. The van der Waals surface area contributed by atoms with E-state index in [2.05, 4.69) is 58.9 Å². The molecule has 0 unspecified atom stereocenters. The molecule has 0 radical (unpaired) electrons. The number of aryl methyl sites for hydroxylation is 1. The summed E-state index contributed by atoms with van der Waals surface area (Å²) in [4.78, 5) is 2.50. The summed E-state index contributed by atoms with van der Waals surface area (Å²) in [6, 6.07) is 8.65. The molecule has 0 aromatic heterocycles. The van der Waals surface area contributed by atoms with Crippen LogP contribution in [-0.4, -0.2) is 23.3 Å². The van der Waals surface area contributed by atoms with E-state index in [1.807, 2.05) is 0 Å². The first-order valence-electron chi connectivity index (χ1n) is 5.60. The fourth-order valence-electron chi connectivity index (χ4n) is 1.73. The Bertz CT molecular complexity index is 280. The van der Waals surface area contributed by atoms with Crippen molar-refractivity contribution in [2.24, 2.45) is 0 Å². The lowest BCUT2D eigenvalue weighted by atomic mass is 10.1. The number of hydrogen-bond acceptors (Lipinski definition) is 1. The molecule has 1 rings (SSSR count). The topological polar surface area (TPSA) is 3.24 Å². The molecule has 0 aliphatic heterocycles. The molecule has 1 aromatic rings. The highest BCUT2D eigenvalue weighted by molar-refractivity contribution is 9.09. The Morgan fingerprint density at radius 1 is 1.20 bits per heavy atom. The molecule has 0 aliphatic carbocycles. The van der Waals surface area contributed by atoms with Crippen molar-refractivity contribution in [1.29, 1.82) is 0 Å². The second-order valence-corrected chi connectivity index (χ2v) is 4.68. The quantitative estimate of drug-likeness (QED) is 0.714. The van der Waals surface area contributed by atoms with E-state index < -0.39 is 0 Å². The number of halogens is 1. The Hall–Kier alpha value is -0.340. The number of alkyl halides is 1. The van der Waals surface area contributed by atoms with E-state index >= 15 is 0 Å². The molecule has 1 aromatic carbocycles. The predicted octanol–water partition coefficient (Wildman–Crippen LogP) is 3.60. The van der Waals surface area contributed by atoms with Gasteiger partial charge < -0.3 is 0 Å². The molecule has 0 aliphatic rings. The van der Waals surface area contributed by atoms with Gasteiger partial charge >= 0.3 is 0 Å². The lowest BCUT2D eigenvalue weighted by molar-refractivity contribution is 0.283. The second-order valence-electron chi connectivity index (χ2n) is 3.89. The number of benzene rings is 1. The van der Waals surface area contributed by atoms with Gasteiger partial charge in [-0.15, -0.1) is 0 Å². The Morgan fingerprint density at radius 3 is 2.53 bits per heavy atom. The average Bonchev–Trinajstić information content (AvgIpc) is 2.22. The summed E-state index contributed by atoms with van der Waals surface area (Å²) in [7, 11) is 0. The third kappa shape index (κ3) is 4.35. The van der Waals surface area contributed by atoms with Crippen LogP contribution in [0, 0.1) is 6.92 Å². The summed E-state index contributed by atoms with van der Waals surface area (Å²) < 4.78 is 0. The summed E-state index contributed by atoms with van der Waals surface area (Å²) >= 11 is 3.51. The summed E-state index contributed by atoms with van der Waals surface area (Å²) in [5, 5.41) is 1.05. The van der Waals surface area contributed by atoms with Crippen molar-refractivity contribution < 1.29 is 0 Å². The minimum absolute atomic E-state index is 1.05. The van der Waals surface area contributed by atoms with E-state index in [4.69, 9.17) is 0 Å². The van der Waals surface area contributed by atoms with Crippen LogP contribution in [0.2, 0.25) is 0 Å². The van der Waals surface area contributed by atoms with Gasteiger partial charge in [0.25, 0.3) is 0 Å². The highest BCUT2D eigenvalue weighted by Crippen LogP contribution is 2.10. The zero-order valence-corrected chi connectivity index (χ0v) is 11.3. The van der Waals surface area contributed by atoms with Crippen LogP contribution in [0.1, 0.15) is 24.5 Å². The van der Waals surface area contributed by atoms with Crippen molar-refractivity contribution in [3.8, 4) is 0 Å². The maximum atomic E-state index is 3.51. The van der Waals surface area contributed by atoms with Crippen LogP contribution in [0.3, 0.4) is 0 Å². The SMILES string of the molecule is CCCN(CCBr)Cc1ccccc1C. The van der Waals surface area contributed by atoms with Gasteiger partial charge in [-0.05, 0) is 31.0 Å². The molecule has 0 spiro atoms. The average molecular weight is 270 g/mol. The van der Waals surface area contributed by atoms with Gasteiger partial charge in [0, 0.05) is 18.4 Å². The van der Waals surface area contributed by atoms with Crippen LogP contribution in [-0.2, 0) is 6.54 Å². The van der Waals surface area contributed by atoms with Crippen molar-refractivity contribution in [2.45, 2.75) is 26.8 Å². The fraction of sp³-hybridized carbons (Fsp3) is 0.538. The largest absolute Gasteiger partial charge is 0.298 e. The van der Waals surface area contributed by atoms with Crippen molar-refractivity contribution >= 4 is 15.9 Å². The summed E-state index contributed by atoms with van der Waals surface area (Å²) in [5.74, 6) is 0. The summed E-state index contributed by atoms with van der Waals surface area (Å²) in [5.41, 5.74) is 2.85.